The summed E-state index contributed by atoms with van der Waals surface area (Å²) in [7, 11) is 1.30. The molecule has 7 nitrogen and oxygen atoms in total. The number of ether oxygens (including phenoxy) is 2. The molecule has 8 heteroatoms. The van der Waals surface area contributed by atoms with E-state index >= 15 is 0 Å². The van der Waals surface area contributed by atoms with E-state index in [1.165, 1.54) is 7.11 Å². The molecular weight excluding hydrogens is 444 g/mol. The fourth-order valence-electron chi connectivity index (χ4n) is 3.91. The predicted octanol–water partition coefficient (Wildman–Crippen LogP) is 4.44. The van der Waals surface area contributed by atoms with E-state index in [1.807, 2.05) is 13.8 Å². The van der Waals surface area contributed by atoms with Crippen LogP contribution in [0.2, 0.25) is 5.02 Å². The molecule has 33 heavy (non-hydrogen) atoms. The third-order valence-electron chi connectivity index (χ3n) is 5.35. The number of methoxy groups -OCH3 is 1. The molecule has 1 N–H and O–H groups in total. The standard InChI is InChI=1S/C25H33ClN2O5/c1-13(2)21(24(31)33-25(5,6)7)28-22(29)18-14(3)27-15(4)19(23(30)32-8)20(18)16-10-9-11-17(26)12-16/h9-13,19-21H,1-8H3,(H,28,29)/t19?,20?,21-/m0/s1. The van der Waals surface area contributed by atoms with E-state index in [2.05, 4.69) is 10.3 Å². The molecule has 0 bridgehead atoms. The van der Waals surface area contributed by atoms with Crippen molar-refractivity contribution >= 4 is 35.2 Å². The molecule has 3 atom stereocenters. The number of benzene rings is 1. The average Bonchev–Trinajstić information content (AvgIpc) is 2.69. The number of halogens is 1. The van der Waals surface area contributed by atoms with Crippen molar-refractivity contribution in [2.45, 2.75) is 66.0 Å². The van der Waals surface area contributed by atoms with Gasteiger partial charge in [-0.05, 0) is 58.2 Å². The number of nitrogens with zero attached hydrogens (tertiary/aromatic N) is 1. The first-order valence-electron chi connectivity index (χ1n) is 10.9. The van der Waals surface area contributed by atoms with Crippen LogP contribution in [0.25, 0.3) is 0 Å². The van der Waals surface area contributed by atoms with Crippen molar-refractivity contribution in [1.29, 1.82) is 0 Å². The molecule has 0 aliphatic carbocycles. The Bertz CT molecular complexity index is 991. The van der Waals surface area contributed by atoms with Crippen molar-refractivity contribution < 1.29 is 23.9 Å². The lowest BCUT2D eigenvalue weighted by Crippen LogP contribution is -2.49. The molecule has 0 saturated carbocycles. The van der Waals surface area contributed by atoms with Crippen molar-refractivity contribution in [3.8, 4) is 0 Å². The highest BCUT2D eigenvalue weighted by Crippen LogP contribution is 2.40. The molecule has 0 aromatic heterocycles. The fourth-order valence-corrected chi connectivity index (χ4v) is 4.11. The summed E-state index contributed by atoms with van der Waals surface area (Å²) in [6.07, 6.45) is 0. The highest BCUT2D eigenvalue weighted by Gasteiger charge is 2.42. The molecule has 0 spiro atoms. The van der Waals surface area contributed by atoms with Crippen LogP contribution in [0, 0.1) is 11.8 Å². The van der Waals surface area contributed by atoms with Crippen LogP contribution in [0.5, 0.6) is 0 Å². The first-order valence-corrected chi connectivity index (χ1v) is 11.3. The molecule has 2 rings (SSSR count). The zero-order valence-corrected chi connectivity index (χ0v) is 21.2. The minimum absolute atomic E-state index is 0.223. The average molecular weight is 477 g/mol. The third-order valence-corrected chi connectivity index (χ3v) is 5.58. The monoisotopic (exact) mass is 476 g/mol. The second kappa shape index (κ2) is 10.5. The topological polar surface area (TPSA) is 94.1 Å². The van der Waals surface area contributed by atoms with Gasteiger partial charge in [0, 0.05) is 27.9 Å². The second-order valence-electron chi connectivity index (χ2n) is 9.51. The summed E-state index contributed by atoms with van der Waals surface area (Å²) in [6, 6.07) is 6.13. The summed E-state index contributed by atoms with van der Waals surface area (Å²) in [5.41, 5.74) is 1.26. The molecule has 180 valence electrons. The number of amides is 1. The van der Waals surface area contributed by atoms with Gasteiger partial charge in [0.1, 0.15) is 17.6 Å². The van der Waals surface area contributed by atoms with E-state index in [9.17, 15) is 14.4 Å². The number of rotatable bonds is 6. The molecule has 1 aromatic carbocycles. The minimum Gasteiger partial charge on any atom is -0.468 e. The van der Waals surface area contributed by atoms with Crippen LogP contribution in [0.15, 0.2) is 40.5 Å². The van der Waals surface area contributed by atoms with Crippen molar-refractivity contribution in [1.82, 2.24) is 5.32 Å². The summed E-state index contributed by atoms with van der Waals surface area (Å²) < 4.78 is 10.5. The number of carbonyl (C=O) groups is 3. The molecular formula is C25H33ClN2O5. The largest absolute Gasteiger partial charge is 0.468 e. The SMILES string of the molecule is COC(=O)C1C(C)=NC(C)=C(C(=O)N[C@H](C(=O)OC(C)(C)C)C(C)C)C1c1cccc(Cl)c1. The Balaban J connectivity index is 2.54. The molecule has 1 amide bonds. The van der Waals surface area contributed by atoms with E-state index in [0.29, 0.717) is 22.0 Å². The number of allylic oxidation sites excluding steroid dienone is 1. The highest BCUT2D eigenvalue weighted by molar-refractivity contribution is 6.30. The maximum atomic E-state index is 13.6. The maximum absolute atomic E-state index is 13.6. The van der Waals surface area contributed by atoms with Crippen molar-refractivity contribution in [3.05, 3.63) is 46.1 Å². The van der Waals surface area contributed by atoms with Gasteiger partial charge < -0.3 is 14.8 Å². The number of esters is 2. The number of carbonyl (C=O) groups excluding carboxylic acids is 3. The molecule has 1 heterocycles. The van der Waals surface area contributed by atoms with Crippen LogP contribution in [-0.4, -0.2) is 42.3 Å². The van der Waals surface area contributed by atoms with Crippen molar-refractivity contribution in [3.63, 3.8) is 0 Å². The van der Waals surface area contributed by atoms with Crippen LogP contribution in [0.4, 0.5) is 0 Å². The summed E-state index contributed by atoms with van der Waals surface area (Å²) >= 11 is 6.23. The van der Waals surface area contributed by atoms with E-state index in [1.54, 1.807) is 58.9 Å². The fraction of sp³-hybridized carbons (Fsp3) is 0.520. The Morgan fingerprint density at radius 2 is 1.79 bits per heavy atom. The molecule has 1 aliphatic heterocycles. The van der Waals surface area contributed by atoms with Crippen LogP contribution in [0.1, 0.15) is 59.9 Å². The first-order chi connectivity index (χ1) is 15.3. The van der Waals surface area contributed by atoms with Gasteiger partial charge in [0.05, 0.1) is 7.11 Å². The Hall–Kier alpha value is -2.67. The molecule has 1 aliphatic rings. The predicted molar refractivity (Wildman–Crippen MR) is 128 cm³/mol. The van der Waals surface area contributed by atoms with Gasteiger partial charge in [-0.2, -0.15) is 0 Å². The van der Waals surface area contributed by atoms with Gasteiger partial charge in [0.2, 0.25) is 5.91 Å². The summed E-state index contributed by atoms with van der Waals surface area (Å²) in [5.74, 6) is -3.24. The van der Waals surface area contributed by atoms with E-state index in [4.69, 9.17) is 21.1 Å². The van der Waals surface area contributed by atoms with Crippen LogP contribution < -0.4 is 5.32 Å². The van der Waals surface area contributed by atoms with Gasteiger partial charge in [0.25, 0.3) is 0 Å². The van der Waals surface area contributed by atoms with Crippen molar-refractivity contribution in [2.75, 3.05) is 7.11 Å². The third kappa shape index (κ3) is 6.44. The lowest BCUT2D eigenvalue weighted by atomic mass is 9.75. The van der Waals surface area contributed by atoms with Gasteiger partial charge in [-0.15, -0.1) is 0 Å². The van der Waals surface area contributed by atoms with Gasteiger partial charge in [-0.1, -0.05) is 37.6 Å². The second-order valence-corrected chi connectivity index (χ2v) is 9.95. The molecule has 0 fully saturated rings. The summed E-state index contributed by atoms with van der Waals surface area (Å²) in [4.78, 5) is 43.6. The normalized spacial score (nSPS) is 19.6. The Morgan fingerprint density at radius 1 is 1.15 bits per heavy atom. The van der Waals surface area contributed by atoms with E-state index in [-0.39, 0.29) is 11.5 Å². The Morgan fingerprint density at radius 3 is 2.30 bits per heavy atom. The lowest BCUT2D eigenvalue weighted by Gasteiger charge is -2.33. The minimum atomic E-state index is -0.874. The number of aliphatic imine (C=N–C) groups is 1. The molecule has 2 unspecified atom stereocenters. The van der Waals surface area contributed by atoms with Crippen LogP contribution in [-0.2, 0) is 23.9 Å². The first kappa shape index (κ1) is 26.6. The zero-order chi connectivity index (χ0) is 25.1. The van der Waals surface area contributed by atoms with Crippen LogP contribution >= 0.6 is 11.6 Å². The smallest absolute Gasteiger partial charge is 0.329 e. The molecule has 0 saturated heterocycles. The number of hydrogen-bond donors (Lipinski definition) is 1. The molecule has 1 aromatic rings. The number of nitrogens with one attached hydrogen (secondary N) is 1. The lowest BCUT2D eigenvalue weighted by molar-refractivity contribution is -0.159. The van der Waals surface area contributed by atoms with Crippen LogP contribution in [0.3, 0.4) is 0 Å². The summed E-state index contributed by atoms with van der Waals surface area (Å²) in [5, 5.41) is 3.29. The Kier molecular flexibility index (Phi) is 8.46. The van der Waals surface area contributed by atoms with Crippen molar-refractivity contribution in [2.24, 2.45) is 16.8 Å². The summed E-state index contributed by atoms with van der Waals surface area (Å²) in [6.45, 7) is 12.4. The zero-order valence-electron chi connectivity index (χ0n) is 20.5. The number of hydrogen-bond acceptors (Lipinski definition) is 6. The van der Waals surface area contributed by atoms with Gasteiger partial charge in [-0.25, -0.2) is 4.79 Å². The van der Waals surface area contributed by atoms with E-state index < -0.39 is 41.3 Å². The van der Waals surface area contributed by atoms with Gasteiger partial charge >= 0.3 is 11.9 Å². The quantitative estimate of drug-likeness (QED) is 0.612. The van der Waals surface area contributed by atoms with E-state index in [0.717, 1.165) is 0 Å². The maximum Gasteiger partial charge on any atom is 0.329 e. The van der Waals surface area contributed by atoms with Gasteiger partial charge in [-0.3, -0.25) is 14.6 Å². The molecule has 0 radical (unpaired) electrons. The van der Waals surface area contributed by atoms with Gasteiger partial charge in [0.15, 0.2) is 0 Å². The highest BCUT2D eigenvalue weighted by atomic mass is 35.5. The Labute approximate surface area is 200 Å².